The van der Waals surface area contributed by atoms with Gasteiger partial charge < -0.3 is 10.4 Å². The van der Waals surface area contributed by atoms with Crippen LogP contribution in [0.2, 0.25) is 5.02 Å². The van der Waals surface area contributed by atoms with Crippen molar-refractivity contribution < 1.29 is 9.90 Å². The lowest BCUT2D eigenvalue weighted by Crippen LogP contribution is -2.28. The van der Waals surface area contributed by atoms with Gasteiger partial charge in [0.2, 0.25) is 0 Å². The van der Waals surface area contributed by atoms with Gasteiger partial charge in [0.25, 0.3) is 0 Å². The fourth-order valence-electron chi connectivity index (χ4n) is 2.20. The Hall–Kier alpha value is -1.84. The molecule has 0 fully saturated rings. The van der Waals surface area contributed by atoms with Gasteiger partial charge in [0.05, 0.1) is 5.41 Å². The Morgan fingerprint density at radius 3 is 2.09 bits per heavy atom. The molecule has 0 aliphatic rings. The van der Waals surface area contributed by atoms with Crippen LogP contribution in [-0.2, 0) is 11.3 Å². The molecule has 0 aromatic heterocycles. The van der Waals surface area contributed by atoms with E-state index in [1.54, 1.807) is 13.8 Å². The first-order valence-electron chi connectivity index (χ1n) is 7.67. The molecule has 0 spiro atoms. The smallest absolute Gasteiger partial charge is 0.309 e. The highest BCUT2D eigenvalue weighted by atomic mass is 35.5. The number of carboxylic acids is 1. The number of nitrogens with one attached hydrogen (secondary N) is 1. The summed E-state index contributed by atoms with van der Waals surface area (Å²) in [6, 6.07) is 16.1. The highest BCUT2D eigenvalue weighted by Crippen LogP contribution is 2.22. The van der Waals surface area contributed by atoms with E-state index in [0.29, 0.717) is 13.0 Å². The van der Waals surface area contributed by atoms with Crippen molar-refractivity contribution in [2.45, 2.75) is 26.8 Å². The van der Waals surface area contributed by atoms with Crippen LogP contribution in [0, 0.1) is 5.41 Å². The van der Waals surface area contributed by atoms with Crippen molar-refractivity contribution in [3.05, 3.63) is 59.1 Å². The summed E-state index contributed by atoms with van der Waals surface area (Å²) in [7, 11) is 0. The molecule has 0 radical (unpaired) electrons. The Bertz CT molecular complexity index is 648. The summed E-state index contributed by atoms with van der Waals surface area (Å²) in [6.07, 6.45) is 0.602. The highest BCUT2D eigenvalue weighted by molar-refractivity contribution is 6.30. The molecule has 0 saturated carbocycles. The van der Waals surface area contributed by atoms with E-state index in [0.717, 1.165) is 22.7 Å². The van der Waals surface area contributed by atoms with E-state index in [1.807, 2.05) is 24.3 Å². The van der Waals surface area contributed by atoms with E-state index < -0.39 is 11.4 Å². The number of hydrogen-bond acceptors (Lipinski definition) is 2. The number of benzene rings is 2. The molecule has 0 heterocycles. The van der Waals surface area contributed by atoms with Crippen LogP contribution in [0.4, 0.5) is 0 Å². The van der Waals surface area contributed by atoms with Crippen LogP contribution in [0.5, 0.6) is 0 Å². The molecule has 0 unspecified atom stereocenters. The zero-order valence-electron chi connectivity index (χ0n) is 13.5. The predicted molar refractivity (Wildman–Crippen MR) is 94.6 cm³/mol. The summed E-state index contributed by atoms with van der Waals surface area (Å²) in [5.74, 6) is -0.758. The van der Waals surface area contributed by atoms with Crippen LogP contribution in [0.1, 0.15) is 25.8 Å². The summed E-state index contributed by atoms with van der Waals surface area (Å²) in [6.45, 7) is 4.91. The van der Waals surface area contributed by atoms with Gasteiger partial charge in [-0.05, 0) is 55.6 Å². The molecule has 2 rings (SSSR count). The number of aliphatic carboxylic acids is 1. The standard InChI is InChI=1S/C19H22ClNO2/c1-19(2,18(22)23)11-12-21-13-14-3-5-15(6-4-14)16-7-9-17(20)10-8-16/h3-10,21H,11-13H2,1-2H3,(H,22,23). The summed E-state index contributed by atoms with van der Waals surface area (Å²) in [5, 5.41) is 13.1. The fraction of sp³-hybridized carbons (Fsp3) is 0.316. The van der Waals surface area contributed by atoms with E-state index in [2.05, 4.69) is 29.6 Å². The van der Waals surface area contributed by atoms with E-state index in [9.17, 15) is 4.79 Å². The van der Waals surface area contributed by atoms with E-state index in [1.165, 1.54) is 5.56 Å². The molecule has 4 heteroatoms. The second-order valence-corrected chi connectivity index (χ2v) is 6.76. The number of carboxylic acid groups (broad SMARTS) is 1. The van der Waals surface area contributed by atoms with Gasteiger partial charge in [0.1, 0.15) is 0 Å². The Labute approximate surface area is 142 Å². The van der Waals surface area contributed by atoms with Crippen molar-refractivity contribution in [3.63, 3.8) is 0 Å². The normalized spacial score (nSPS) is 11.4. The molecule has 2 N–H and O–H groups in total. The first-order valence-corrected chi connectivity index (χ1v) is 8.05. The van der Waals surface area contributed by atoms with Crippen LogP contribution < -0.4 is 5.32 Å². The second-order valence-electron chi connectivity index (χ2n) is 6.32. The van der Waals surface area contributed by atoms with Gasteiger partial charge in [-0.2, -0.15) is 0 Å². The molecular weight excluding hydrogens is 310 g/mol. The lowest BCUT2D eigenvalue weighted by molar-refractivity contribution is -0.147. The topological polar surface area (TPSA) is 49.3 Å². The minimum absolute atomic E-state index is 0.602. The molecule has 0 aliphatic carbocycles. The average Bonchev–Trinajstić information content (AvgIpc) is 2.53. The summed E-state index contributed by atoms with van der Waals surface area (Å²) in [4.78, 5) is 11.0. The number of halogens is 1. The highest BCUT2D eigenvalue weighted by Gasteiger charge is 2.25. The molecule has 0 bridgehead atoms. The third kappa shape index (κ3) is 5.08. The van der Waals surface area contributed by atoms with E-state index in [4.69, 9.17) is 16.7 Å². The van der Waals surface area contributed by atoms with E-state index in [-0.39, 0.29) is 0 Å². The molecule has 0 aliphatic heterocycles. The number of rotatable bonds is 7. The van der Waals surface area contributed by atoms with Gasteiger partial charge in [-0.1, -0.05) is 48.0 Å². The average molecular weight is 332 g/mol. The van der Waals surface area contributed by atoms with E-state index >= 15 is 0 Å². The Kier molecular flexibility index (Phi) is 5.80. The van der Waals surface area contributed by atoms with Crippen LogP contribution in [0.3, 0.4) is 0 Å². The minimum atomic E-state index is -0.758. The minimum Gasteiger partial charge on any atom is -0.481 e. The monoisotopic (exact) mass is 331 g/mol. The van der Waals surface area contributed by atoms with Crippen LogP contribution >= 0.6 is 11.6 Å². The van der Waals surface area contributed by atoms with Crippen molar-refractivity contribution in [1.29, 1.82) is 0 Å². The largest absolute Gasteiger partial charge is 0.481 e. The fourth-order valence-corrected chi connectivity index (χ4v) is 2.32. The predicted octanol–water partition coefficient (Wildman–Crippen LogP) is 4.60. The molecule has 3 nitrogen and oxygen atoms in total. The van der Waals surface area contributed by atoms with Gasteiger partial charge in [0.15, 0.2) is 0 Å². The molecule has 2 aromatic rings. The number of hydrogen-bond donors (Lipinski definition) is 2. The second kappa shape index (κ2) is 7.62. The van der Waals surface area contributed by atoms with Gasteiger partial charge in [-0.25, -0.2) is 0 Å². The lowest BCUT2D eigenvalue weighted by atomic mass is 9.90. The molecule has 2 aromatic carbocycles. The summed E-state index contributed by atoms with van der Waals surface area (Å²) < 4.78 is 0. The molecule has 0 atom stereocenters. The zero-order chi connectivity index (χ0) is 16.9. The lowest BCUT2D eigenvalue weighted by Gasteiger charge is -2.19. The van der Waals surface area contributed by atoms with Gasteiger partial charge >= 0.3 is 5.97 Å². The third-order valence-corrected chi connectivity index (χ3v) is 4.22. The Morgan fingerprint density at radius 1 is 1.04 bits per heavy atom. The van der Waals surface area contributed by atoms with Gasteiger partial charge in [0, 0.05) is 11.6 Å². The van der Waals surface area contributed by atoms with Crippen molar-refractivity contribution >= 4 is 17.6 Å². The van der Waals surface area contributed by atoms with Crippen LogP contribution in [-0.4, -0.2) is 17.6 Å². The zero-order valence-corrected chi connectivity index (χ0v) is 14.2. The molecule has 0 saturated heterocycles. The van der Waals surface area contributed by atoms with Crippen LogP contribution in [0.25, 0.3) is 11.1 Å². The van der Waals surface area contributed by atoms with Crippen molar-refractivity contribution in [2.24, 2.45) is 5.41 Å². The van der Waals surface area contributed by atoms with Crippen molar-refractivity contribution in [2.75, 3.05) is 6.54 Å². The molecular formula is C19H22ClNO2. The maximum atomic E-state index is 11.0. The summed E-state index contributed by atoms with van der Waals surface area (Å²) in [5.41, 5.74) is 2.77. The van der Waals surface area contributed by atoms with Crippen LogP contribution in [0.15, 0.2) is 48.5 Å². The van der Waals surface area contributed by atoms with Crippen molar-refractivity contribution in [3.8, 4) is 11.1 Å². The third-order valence-electron chi connectivity index (χ3n) is 3.97. The first kappa shape index (κ1) is 17.5. The SMILES string of the molecule is CC(C)(CCNCc1ccc(-c2ccc(Cl)cc2)cc1)C(=O)O. The maximum absolute atomic E-state index is 11.0. The molecule has 23 heavy (non-hydrogen) atoms. The Balaban J connectivity index is 1.86. The van der Waals surface area contributed by atoms with Crippen molar-refractivity contribution in [1.82, 2.24) is 5.32 Å². The summed E-state index contributed by atoms with van der Waals surface area (Å²) >= 11 is 5.90. The van der Waals surface area contributed by atoms with Gasteiger partial charge in [-0.15, -0.1) is 0 Å². The molecule has 0 amide bonds. The maximum Gasteiger partial charge on any atom is 0.309 e. The quantitative estimate of drug-likeness (QED) is 0.729. The number of carbonyl (C=O) groups is 1. The Morgan fingerprint density at radius 2 is 1.57 bits per heavy atom. The van der Waals surface area contributed by atoms with Gasteiger partial charge in [-0.3, -0.25) is 4.79 Å². The first-order chi connectivity index (χ1) is 10.9. The molecule has 122 valence electrons.